The predicted octanol–water partition coefficient (Wildman–Crippen LogP) is 2.87. The highest BCUT2D eigenvalue weighted by Crippen LogP contribution is 2.26. The highest BCUT2D eigenvalue weighted by atomic mass is 35.5. The molecule has 64 valence electrons. The molecule has 0 aliphatic heterocycles. The van der Waals surface area contributed by atoms with Crippen molar-refractivity contribution in [3.8, 4) is 0 Å². The first-order valence-electron chi connectivity index (χ1n) is 3.43. The van der Waals surface area contributed by atoms with Crippen LogP contribution in [0.2, 0.25) is 5.02 Å². The largest absolute Gasteiger partial charge is 0.274 e. The van der Waals surface area contributed by atoms with E-state index < -0.39 is 4.92 Å². The van der Waals surface area contributed by atoms with Crippen LogP contribution in [-0.2, 0) is 0 Å². The van der Waals surface area contributed by atoms with Gasteiger partial charge in [-0.1, -0.05) is 11.6 Å². The number of nitrogens with zero attached hydrogens (tertiary/aromatic N) is 1. The van der Waals surface area contributed by atoms with E-state index in [-0.39, 0.29) is 5.69 Å². The molecule has 4 heteroatoms. The molecule has 1 rings (SSSR count). The maximum atomic E-state index is 10.5. The van der Waals surface area contributed by atoms with Gasteiger partial charge in [-0.15, -0.1) is 0 Å². The fourth-order valence-electron chi connectivity index (χ4n) is 0.986. The van der Waals surface area contributed by atoms with Crippen LogP contribution in [-0.4, -0.2) is 4.92 Å². The van der Waals surface area contributed by atoms with Crippen LogP contribution in [0.1, 0.15) is 11.1 Å². The number of benzene rings is 1. The van der Waals surface area contributed by atoms with Crippen LogP contribution in [0.25, 0.3) is 0 Å². The highest BCUT2D eigenvalue weighted by Gasteiger charge is 2.13. The maximum Gasteiger partial charge on any atom is 0.274 e. The van der Waals surface area contributed by atoms with E-state index in [0.29, 0.717) is 10.6 Å². The van der Waals surface area contributed by atoms with Gasteiger partial charge in [0.15, 0.2) is 0 Å². The molecule has 0 aliphatic carbocycles. The molecule has 0 spiro atoms. The zero-order chi connectivity index (χ0) is 9.30. The fourth-order valence-corrected chi connectivity index (χ4v) is 1.25. The van der Waals surface area contributed by atoms with Crippen molar-refractivity contribution in [2.75, 3.05) is 0 Å². The maximum absolute atomic E-state index is 10.5. The molecule has 0 atom stereocenters. The first-order valence-corrected chi connectivity index (χ1v) is 3.81. The SMILES string of the molecule is Cc1cc(Cl)c(C)c([N+](=O)[O-])c1. The highest BCUT2D eigenvalue weighted by molar-refractivity contribution is 6.31. The molecule has 0 saturated carbocycles. The quantitative estimate of drug-likeness (QED) is 0.499. The summed E-state index contributed by atoms with van der Waals surface area (Å²) in [5.41, 5.74) is 1.41. The number of rotatable bonds is 1. The van der Waals surface area contributed by atoms with Gasteiger partial charge in [-0.05, 0) is 25.5 Å². The Bertz CT molecular complexity index is 336. The summed E-state index contributed by atoms with van der Waals surface area (Å²) in [5.74, 6) is 0. The minimum atomic E-state index is -0.422. The Labute approximate surface area is 75.1 Å². The van der Waals surface area contributed by atoms with Crippen molar-refractivity contribution in [2.24, 2.45) is 0 Å². The summed E-state index contributed by atoms with van der Waals surface area (Å²) in [5, 5.41) is 10.9. The molecule has 0 aromatic heterocycles. The lowest BCUT2D eigenvalue weighted by molar-refractivity contribution is -0.385. The lowest BCUT2D eigenvalue weighted by atomic mass is 10.1. The van der Waals surface area contributed by atoms with Crippen LogP contribution >= 0.6 is 11.6 Å². The second-order valence-corrected chi connectivity index (χ2v) is 3.06. The van der Waals surface area contributed by atoms with Gasteiger partial charge in [0.1, 0.15) is 0 Å². The van der Waals surface area contributed by atoms with Crippen molar-refractivity contribution in [1.29, 1.82) is 0 Å². The second-order valence-electron chi connectivity index (χ2n) is 2.65. The van der Waals surface area contributed by atoms with E-state index in [0.717, 1.165) is 5.56 Å². The third-order valence-electron chi connectivity index (χ3n) is 1.66. The summed E-state index contributed by atoms with van der Waals surface area (Å²) in [6, 6.07) is 3.23. The third kappa shape index (κ3) is 1.56. The van der Waals surface area contributed by atoms with Crippen LogP contribution < -0.4 is 0 Å². The summed E-state index contributed by atoms with van der Waals surface area (Å²) < 4.78 is 0. The summed E-state index contributed by atoms with van der Waals surface area (Å²) >= 11 is 5.76. The average Bonchev–Trinajstić information content (AvgIpc) is 1.96. The number of hydrogen-bond donors (Lipinski definition) is 0. The normalized spacial score (nSPS) is 9.92. The number of aryl methyl sites for hydroxylation is 1. The summed E-state index contributed by atoms with van der Waals surface area (Å²) in [4.78, 5) is 10.1. The predicted molar refractivity (Wildman–Crippen MR) is 47.6 cm³/mol. The average molecular weight is 186 g/mol. The second kappa shape index (κ2) is 3.11. The van der Waals surface area contributed by atoms with Crippen molar-refractivity contribution in [3.05, 3.63) is 38.4 Å². The zero-order valence-electron chi connectivity index (χ0n) is 6.80. The van der Waals surface area contributed by atoms with Crippen molar-refractivity contribution in [2.45, 2.75) is 13.8 Å². The number of hydrogen-bond acceptors (Lipinski definition) is 2. The molecule has 0 aliphatic rings. The minimum absolute atomic E-state index is 0.0833. The number of nitro groups is 1. The Morgan fingerprint density at radius 3 is 2.50 bits per heavy atom. The monoisotopic (exact) mass is 185 g/mol. The summed E-state index contributed by atoms with van der Waals surface area (Å²) in [6.07, 6.45) is 0. The van der Waals surface area contributed by atoms with Crippen molar-refractivity contribution >= 4 is 17.3 Å². The molecule has 3 nitrogen and oxygen atoms in total. The van der Waals surface area contributed by atoms with Crippen molar-refractivity contribution < 1.29 is 4.92 Å². The Hall–Kier alpha value is -1.09. The van der Waals surface area contributed by atoms with Gasteiger partial charge in [-0.3, -0.25) is 10.1 Å². The van der Waals surface area contributed by atoms with E-state index >= 15 is 0 Å². The molecule has 0 N–H and O–H groups in total. The Balaban J connectivity index is 3.37. The van der Waals surface area contributed by atoms with Crippen molar-refractivity contribution in [3.63, 3.8) is 0 Å². The number of nitro benzene ring substituents is 1. The lowest BCUT2D eigenvalue weighted by Crippen LogP contribution is -1.92. The van der Waals surface area contributed by atoms with Crippen LogP contribution in [0.15, 0.2) is 12.1 Å². The molecule has 0 amide bonds. The third-order valence-corrected chi connectivity index (χ3v) is 2.05. The Morgan fingerprint density at radius 2 is 2.00 bits per heavy atom. The Kier molecular flexibility index (Phi) is 2.33. The van der Waals surface area contributed by atoms with Crippen LogP contribution in [0.4, 0.5) is 5.69 Å². The van der Waals surface area contributed by atoms with Gasteiger partial charge in [0.2, 0.25) is 0 Å². The van der Waals surface area contributed by atoms with Gasteiger partial charge in [0.05, 0.1) is 9.95 Å². The molecular weight excluding hydrogens is 178 g/mol. The Morgan fingerprint density at radius 1 is 1.42 bits per heavy atom. The minimum Gasteiger partial charge on any atom is -0.258 e. The van der Waals surface area contributed by atoms with Gasteiger partial charge in [-0.25, -0.2) is 0 Å². The van der Waals surface area contributed by atoms with E-state index in [1.165, 1.54) is 6.07 Å². The van der Waals surface area contributed by atoms with E-state index in [1.807, 2.05) is 0 Å². The summed E-state index contributed by atoms with van der Waals surface area (Å²) in [7, 11) is 0. The van der Waals surface area contributed by atoms with Gasteiger partial charge in [0, 0.05) is 11.6 Å². The van der Waals surface area contributed by atoms with E-state index in [9.17, 15) is 10.1 Å². The molecule has 12 heavy (non-hydrogen) atoms. The topological polar surface area (TPSA) is 43.1 Å². The van der Waals surface area contributed by atoms with Gasteiger partial charge in [-0.2, -0.15) is 0 Å². The molecule has 0 fully saturated rings. The molecule has 0 heterocycles. The van der Waals surface area contributed by atoms with E-state index in [1.54, 1.807) is 19.9 Å². The van der Waals surface area contributed by atoms with E-state index in [4.69, 9.17) is 11.6 Å². The molecule has 0 bridgehead atoms. The zero-order valence-corrected chi connectivity index (χ0v) is 7.55. The van der Waals surface area contributed by atoms with Crippen LogP contribution in [0.3, 0.4) is 0 Å². The lowest BCUT2D eigenvalue weighted by Gasteiger charge is -2.00. The molecular formula is C8H8ClNO2. The molecule has 1 aromatic carbocycles. The molecule has 0 unspecified atom stereocenters. The first-order chi connectivity index (χ1) is 5.52. The standard InChI is InChI=1S/C8H8ClNO2/c1-5-3-7(9)6(2)8(4-5)10(11)12/h3-4H,1-2H3. The van der Waals surface area contributed by atoms with Gasteiger partial charge < -0.3 is 0 Å². The first kappa shape index (κ1) is 9.00. The van der Waals surface area contributed by atoms with Crippen LogP contribution in [0, 0.1) is 24.0 Å². The fraction of sp³-hybridized carbons (Fsp3) is 0.250. The van der Waals surface area contributed by atoms with Crippen molar-refractivity contribution in [1.82, 2.24) is 0 Å². The van der Waals surface area contributed by atoms with Gasteiger partial charge in [0.25, 0.3) is 5.69 Å². The van der Waals surface area contributed by atoms with Gasteiger partial charge >= 0.3 is 0 Å². The number of halogens is 1. The molecule has 0 radical (unpaired) electrons. The smallest absolute Gasteiger partial charge is 0.258 e. The van der Waals surface area contributed by atoms with Crippen LogP contribution in [0.5, 0.6) is 0 Å². The molecule has 0 saturated heterocycles. The molecule has 1 aromatic rings. The summed E-state index contributed by atoms with van der Waals surface area (Å²) in [6.45, 7) is 3.41. The van der Waals surface area contributed by atoms with E-state index in [2.05, 4.69) is 0 Å².